The molecule has 8 nitrogen and oxygen atoms in total. The molecule has 32 heavy (non-hydrogen) atoms. The molecular formula is C23H23N5O3S. The largest absolute Gasteiger partial charge is 0.497 e. The fourth-order valence-electron chi connectivity index (χ4n) is 2.99. The van der Waals surface area contributed by atoms with Crippen LogP contribution in [0.2, 0.25) is 0 Å². The Morgan fingerprint density at radius 1 is 1.06 bits per heavy atom. The number of hydrogen-bond acceptors (Lipinski definition) is 8. The first-order valence-electron chi connectivity index (χ1n) is 9.98. The molecule has 9 heteroatoms. The number of rotatable bonds is 10. The van der Waals surface area contributed by atoms with Crippen molar-refractivity contribution in [3.05, 3.63) is 78.5 Å². The number of hydrogen-bond donors (Lipinski definition) is 0. The van der Waals surface area contributed by atoms with Crippen molar-refractivity contribution in [1.82, 2.24) is 25.0 Å². The number of aromatic nitrogens is 5. The zero-order valence-corrected chi connectivity index (χ0v) is 18.7. The van der Waals surface area contributed by atoms with Gasteiger partial charge in [-0.3, -0.25) is 4.57 Å². The summed E-state index contributed by atoms with van der Waals surface area (Å²) >= 11 is 1.47. The minimum atomic E-state index is 0.313. The summed E-state index contributed by atoms with van der Waals surface area (Å²) in [7, 11) is 1.63. The second-order valence-corrected chi connectivity index (χ2v) is 7.86. The Morgan fingerprint density at radius 2 is 1.91 bits per heavy atom. The minimum Gasteiger partial charge on any atom is -0.497 e. The molecule has 4 aromatic rings. The summed E-state index contributed by atoms with van der Waals surface area (Å²) < 4.78 is 18.8. The van der Waals surface area contributed by atoms with Crippen LogP contribution in [-0.2, 0) is 18.9 Å². The predicted molar refractivity (Wildman–Crippen MR) is 122 cm³/mol. The molecule has 4 rings (SSSR count). The lowest BCUT2D eigenvalue weighted by molar-refractivity contribution is 0.289. The van der Waals surface area contributed by atoms with Crippen LogP contribution >= 0.6 is 11.8 Å². The normalized spacial score (nSPS) is 10.8. The summed E-state index contributed by atoms with van der Waals surface area (Å²) in [6.07, 6.45) is 1.80. The van der Waals surface area contributed by atoms with Crippen molar-refractivity contribution in [3.8, 4) is 23.0 Å². The summed E-state index contributed by atoms with van der Waals surface area (Å²) in [4.78, 5) is 0. The van der Waals surface area contributed by atoms with Crippen LogP contribution in [0.25, 0.3) is 11.5 Å². The van der Waals surface area contributed by atoms with Gasteiger partial charge in [0.1, 0.15) is 18.1 Å². The molecule has 0 spiro atoms. The Labute approximate surface area is 190 Å². The van der Waals surface area contributed by atoms with Crippen LogP contribution < -0.4 is 9.47 Å². The summed E-state index contributed by atoms with van der Waals surface area (Å²) in [5.41, 5.74) is 1.97. The van der Waals surface area contributed by atoms with Crippen LogP contribution in [0.3, 0.4) is 0 Å². The van der Waals surface area contributed by atoms with Crippen molar-refractivity contribution in [2.75, 3.05) is 7.11 Å². The number of allylic oxidation sites excluding steroid dienone is 1. The van der Waals surface area contributed by atoms with Crippen molar-refractivity contribution in [2.24, 2.45) is 0 Å². The Morgan fingerprint density at radius 3 is 2.66 bits per heavy atom. The number of ether oxygens (including phenoxy) is 2. The van der Waals surface area contributed by atoms with Crippen LogP contribution in [-0.4, -0.2) is 32.1 Å². The van der Waals surface area contributed by atoms with Crippen LogP contribution in [0.15, 0.2) is 70.8 Å². The standard InChI is InChI=1S/C23H23N5O3S/c1-4-12-28-20(14-30-19-7-5-6-16(2)13-19)24-27-23(28)32-15-21-25-26-22(31-21)17-8-10-18(29-3)11-9-17/h4-11,13H,1,12,14-15H2,2-3H3. The van der Waals surface area contributed by atoms with E-state index in [0.29, 0.717) is 30.7 Å². The topological polar surface area (TPSA) is 88.1 Å². The van der Waals surface area contributed by atoms with Gasteiger partial charge in [-0.15, -0.1) is 27.0 Å². The maximum atomic E-state index is 5.89. The summed E-state index contributed by atoms with van der Waals surface area (Å²) in [6.45, 7) is 6.75. The molecule has 2 heterocycles. The zero-order valence-electron chi connectivity index (χ0n) is 17.9. The molecule has 0 saturated carbocycles. The predicted octanol–water partition coefficient (Wildman–Crippen LogP) is 4.70. The SMILES string of the molecule is C=CCn1c(COc2cccc(C)c2)nnc1SCc1nnc(-c2ccc(OC)cc2)o1. The summed E-state index contributed by atoms with van der Waals surface area (Å²) in [6, 6.07) is 15.4. The van der Waals surface area contributed by atoms with E-state index in [1.165, 1.54) is 11.8 Å². The first kappa shape index (κ1) is 21.6. The van der Waals surface area contributed by atoms with Gasteiger partial charge in [0.05, 0.1) is 12.9 Å². The quantitative estimate of drug-likeness (QED) is 0.254. The fraction of sp³-hybridized carbons (Fsp3) is 0.217. The van der Waals surface area contributed by atoms with Crippen LogP contribution in [0.4, 0.5) is 0 Å². The third-order valence-corrected chi connectivity index (χ3v) is 5.54. The number of thioether (sulfide) groups is 1. The smallest absolute Gasteiger partial charge is 0.247 e. The molecule has 0 N–H and O–H groups in total. The molecule has 0 aliphatic carbocycles. The fourth-order valence-corrected chi connectivity index (χ4v) is 3.79. The summed E-state index contributed by atoms with van der Waals surface area (Å²) in [5.74, 6) is 3.72. The zero-order chi connectivity index (χ0) is 22.3. The van der Waals surface area contributed by atoms with Crippen LogP contribution in [0.1, 0.15) is 17.3 Å². The van der Waals surface area contributed by atoms with Gasteiger partial charge in [-0.1, -0.05) is 30.0 Å². The van der Waals surface area contributed by atoms with Gasteiger partial charge in [-0.05, 0) is 48.9 Å². The van der Waals surface area contributed by atoms with Crippen molar-refractivity contribution in [2.45, 2.75) is 31.0 Å². The van der Waals surface area contributed by atoms with Crippen LogP contribution in [0.5, 0.6) is 11.5 Å². The monoisotopic (exact) mass is 449 g/mol. The second-order valence-electron chi connectivity index (χ2n) is 6.92. The Hall–Kier alpha value is -3.59. The maximum absolute atomic E-state index is 5.89. The Bertz CT molecular complexity index is 1190. The van der Waals surface area contributed by atoms with Gasteiger partial charge < -0.3 is 13.9 Å². The molecule has 0 unspecified atom stereocenters. The molecule has 2 aromatic heterocycles. The Kier molecular flexibility index (Phi) is 6.86. The molecule has 0 aliphatic rings. The van der Waals surface area contributed by atoms with E-state index in [-0.39, 0.29) is 0 Å². The van der Waals surface area contributed by atoms with E-state index in [2.05, 4.69) is 27.0 Å². The van der Waals surface area contributed by atoms with Gasteiger partial charge in [0.2, 0.25) is 11.8 Å². The average Bonchev–Trinajstić information content (AvgIpc) is 3.44. The van der Waals surface area contributed by atoms with Gasteiger partial charge in [-0.25, -0.2) is 0 Å². The maximum Gasteiger partial charge on any atom is 0.247 e. The molecule has 0 amide bonds. The van der Waals surface area contributed by atoms with Gasteiger partial charge in [0.25, 0.3) is 0 Å². The number of nitrogens with zero attached hydrogens (tertiary/aromatic N) is 5. The van der Waals surface area contributed by atoms with Crippen molar-refractivity contribution >= 4 is 11.8 Å². The van der Waals surface area contributed by atoms with Gasteiger partial charge in [-0.2, -0.15) is 0 Å². The second kappa shape index (κ2) is 10.1. The first-order valence-corrected chi connectivity index (χ1v) is 11.0. The molecular weight excluding hydrogens is 426 g/mol. The van der Waals surface area contributed by atoms with Crippen molar-refractivity contribution < 1.29 is 13.9 Å². The number of benzene rings is 2. The molecule has 0 aliphatic heterocycles. The molecule has 0 atom stereocenters. The first-order chi connectivity index (χ1) is 15.7. The van der Waals surface area contributed by atoms with Gasteiger partial charge >= 0.3 is 0 Å². The molecule has 0 fully saturated rings. The van der Waals surface area contributed by atoms with E-state index in [0.717, 1.165) is 33.6 Å². The molecule has 0 saturated heterocycles. The highest BCUT2D eigenvalue weighted by atomic mass is 32.2. The number of methoxy groups -OCH3 is 1. The minimum absolute atomic E-state index is 0.313. The molecule has 0 bridgehead atoms. The van der Waals surface area contributed by atoms with Crippen LogP contribution in [0, 0.1) is 6.92 Å². The highest BCUT2D eigenvalue weighted by Gasteiger charge is 2.15. The van der Waals surface area contributed by atoms with Gasteiger partial charge in [0.15, 0.2) is 11.0 Å². The lowest BCUT2D eigenvalue weighted by Crippen LogP contribution is -2.07. The third kappa shape index (κ3) is 5.17. The van der Waals surface area contributed by atoms with E-state index < -0.39 is 0 Å². The van der Waals surface area contributed by atoms with E-state index >= 15 is 0 Å². The van der Waals surface area contributed by atoms with Gasteiger partial charge in [0, 0.05) is 12.1 Å². The lowest BCUT2D eigenvalue weighted by Gasteiger charge is -2.09. The number of aryl methyl sites for hydroxylation is 1. The Balaban J connectivity index is 1.41. The molecule has 2 aromatic carbocycles. The molecule has 164 valence electrons. The molecule has 0 radical (unpaired) electrons. The highest BCUT2D eigenvalue weighted by molar-refractivity contribution is 7.98. The highest BCUT2D eigenvalue weighted by Crippen LogP contribution is 2.25. The third-order valence-electron chi connectivity index (χ3n) is 4.59. The van der Waals surface area contributed by atoms with Crippen molar-refractivity contribution in [3.63, 3.8) is 0 Å². The van der Waals surface area contributed by atoms with E-state index in [4.69, 9.17) is 13.9 Å². The van der Waals surface area contributed by atoms with E-state index in [9.17, 15) is 0 Å². The van der Waals surface area contributed by atoms with Crippen molar-refractivity contribution in [1.29, 1.82) is 0 Å². The summed E-state index contributed by atoms with van der Waals surface area (Å²) in [5, 5.41) is 17.6. The lowest BCUT2D eigenvalue weighted by atomic mass is 10.2. The van der Waals surface area contributed by atoms with E-state index in [1.54, 1.807) is 13.2 Å². The van der Waals surface area contributed by atoms with E-state index in [1.807, 2.05) is 60.0 Å². The average molecular weight is 450 g/mol.